The second-order valence-electron chi connectivity index (χ2n) is 2.79. The minimum atomic E-state index is -0.406. The van der Waals surface area contributed by atoms with E-state index in [4.69, 9.17) is 27.9 Å². The molecule has 1 rings (SSSR count). The van der Waals surface area contributed by atoms with Crippen LogP contribution in [0.2, 0.25) is 10.0 Å². The van der Waals surface area contributed by atoms with Crippen molar-refractivity contribution in [2.75, 3.05) is 6.61 Å². The van der Waals surface area contributed by atoms with Crippen LogP contribution in [0, 0.1) is 6.92 Å². The maximum Gasteiger partial charge on any atom is 0.338 e. The van der Waals surface area contributed by atoms with Crippen LogP contribution in [0.4, 0.5) is 0 Å². The van der Waals surface area contributed by atoms with E-state index in [0.717, 1.165) is 5.56 Å². The summed E-state index contributed by atoms with van der Waals surface area (Å²) in [5.74, 6) is -0.406. The summed E-state index contributed by atoms with van der Waals surface area (Å²) in [5, 5.41) is 0.945. The Hall–Kier alpha value is -0.730. The van der Waals surface area contributed by atoms with E-state index in [0.29, 0.717) is 22.2 Å². The highest BCUT2D eigenvalue weighted by Crippen LogP contribution is 2.25. The van der Waals surface area contributed by atoms with Gasteiger partial charge in [0.05, 0.1) is 12.2 Å². The van der Waals surface area contributed by atoms with E-state index in [1.54, 1.807) is 26.0 Å². The Morgan fingerprint density at radius 2 is 1.86 bits per heavy atom. The quantitative estimate of drug-likeness (QED) is 0.731. The molecule has 0 radical (unpaired) electrons. The van der Waals surface area contributed by atoms with Crippen molar-refractivity contribution in [3.63, 3.8) is 0 Å². The van der Waals surface area contributed by atoms with E-state index < -0.39 is 5.97 Å². The van der Waals surface area contributed by atoms with Gasteiger partial charge in [0.15, 0.2) is 0 Å². The second kappa shape index (κ2) is 4.67. The Morgan fingerprint density at radius 1 is 1.36 bits per heavy atom. The summed E-state index contributed by atoms with van der Waals surface area (Å²) in [7, 11) is 0. The van der Waals surface area contributed by atoms with Crippen LogP contribution in [0.1, 0.15) is 22.8 Å². The topological polar surface area (TPSA) is 26.3 Å². The zero-order valence-corrected chi connectivity index (χ0v) is 9.45. The molecule has 0 fully saturated rings. The van der Waals surface area contributed by atoms with Crippen molar-refractivity contribution in [2.45, 2.75) is 13.8 Å². The van der Waals surface area contributed by atoms with Gasteiger partial charge in [-0.2, -0.15) is 0 Å². The Balaban J connectivity index is 3.06. The number of carbonyl (C=O) groups excluding carboxylic acids is 1. The van der Waals surface area contributed by atoms with Crippen molar-refractivity contribution < 1.29 is 9.53 Å². The lowest BCUT2D eigenvalue weighted by Gasteiger charge is -2.05. The molecule has 0 spiro atoms. The summed E-state index contributed by atoms with van der Waals surface area (Å²) >= 11 is 11.7. The molecule has 14 heavy (non-hydrogen) atoms. The lowest BCUT2D eigenvalue weighted by Crippen LogP contribution is -2.04. The summed E-state index contributed by atoms with van der Waals surface area (Å²) in [4.78, 5) is 11.3. The van der Waals surface area contributed by atoms with Crippen molar-refractivity contribution in [1.29, 1.82) is 0 Å². The van der Waals surface area contributed by atoms with Gasteiger partial charge in [0.1, 0.15) is 0 Å². The molecule has 76 valence electrons. The van der Waals surface area contributed by atoms with Crippen LogP contribution in [0.15, 0.2) is 12.1 Å². The van der Waals surface area contributed by atoms with Gasteiger partial charge in [-0.15, -0.1) is 0 Å². The molecule has 0 bridgehead atoms. The molecular weight excluding hydrogens is 223 g/mol. The fourth-order valence-electron chi connectivity index (χ4n) is 0.978. The highest BCUT2D eigenvalue weighted by Gasteiger charge is 2.10. The van der Waals surface area contributed by atoms with Crippen molar-refractivity contribution in [1.82, 2.24) is 0 Å². The number of halogens is 2. The molecule has 2 nitrogen and oxygen atoms in total. The number of hydrogen-bond acceptors (Lipinski definition) is 2. The average molecular weight is 233 g/mol. The largest absolute Gasteiger partial charge is 0.462 e. The third-order valence-corrected chi connectivity index (χ3v) is 2.58. The average Bonchev–Trinajstić information content (AvgIpc) is 2.13. The Labute approximate surface area is 92.8 Å². The van der Waals surface area contributed by atoms with Crippen LogP contribution >= 0.6 is 23.2 Å². The molecular formula is C10H10Cl2O2. The van der Waals surface area contributed by atoms with Gasteiger partial charge in [-0.3, -0.25) is 0 Å². The third kappa shape index (κ3) is 2.40. The van der Waals surface area contributed by atoms with Crippen molar-refractivity contribution in [3.8, 4) is 0 Å². The molecule has 0 saturated heterocycles. The van der Waals surface area contributed by atoms with Crippen LogP contribution in [0.5, 0.6) is 0 Å². The van der Waals surface area contributed by atoms with Crippen LogP contribution in [0.3, 0.4) is 0 Å². The molecule has 0 N–H and O–H groups in total. The number of ether oxygens (including phenoxy) is 1. The predicted octanol–water partition coefficient (Wildman–Crippen LogP) is 3.48. The van der Waals surface area contributed by atoms with Gasteiger partial charge < -0.3 is 4.74 Å². The van der Waals surface area contributed by atoms with Gasteiger partial charge in [0.25, 0.3) is 0 Å². The van der Waals surface area contributed by atoms with Crippen molar-refractivity contribution in [2.24, 2.45) is 0 Å². The molecule has 0 atom stereocenters. The Bertz CT molecular complexity index is 338. The van der Waals surface area contributed by atoms with Crippen molar-refractivity contribution in [3.05, 3.63) is 33.3 Å². The smallest absolute Gasteiger partial charge is 0.338 e. The maximum atomic E-state index is 11.3. The van der Waals surface area contributed by atoms with E-state index in [1.807, 2.05) is 0 Å². The summed E-state index contributed by atoms with van der Waals surface area (Å²) in [6, 6.07) is 3.11. The predicted molar refractivity (Wildman–Crippen MR) is 57.2 cm³/mol. The molecule has 0 unspecified atom stereocenters. The van der Waals surface area contributed by atoms with Gasteiger partial charge in [0, 0.05) is 10.0 Å². The maximum absolute atomic E-state index is 11.3. The summed E-state index contributed by atoms with van der Waals surface area (Å²) in [5.41, 5.74) is 1.15. The summed E-state index contributed by atoms with van der Waals surface area (Å²) in [6.45, 7) is 3.87. The highest BCUT2D eigenvalue weighted by atomic mass is 35.5. The van der Waals surface area contributed by atoms with E-state index in [2.05, 4.69) is 0 Å². The molecule has 0 amide bonds. The number of carbonyl (C=O) groups is 1. The molecule has 1 aromatic carbocycles. The van der Waals surface area contributed by atoms with Gasteiger partial charge >= 0.3 is 5.97 Å². The zero-order chi connectivity index (χ0) is 10.7. The third-order valence-electron chi connectivity index (χ3n) is 1.79. The first-order chi connectivity index (χ1) is 6.56. The Kier molecular flexibility index (Phi) is 3.78. The normalized spacial score (nSPS) is 10.0. The standard InChI is InChI=1S/C10H10Cl2O2/c1-3-14-10(13)7-4-8(11)6(2)9(12)5-7/h4-5H,3H2,1-2H3. The number of benzene rings is 1. The molecule has 0 aliphatic heterocycles. The fourth-order valence-corrected chi connectivity index (χ4v) is 1.46. The minimum Gasteiger partial charge on any atom is -0.462 e. The molecule has 4 heteroatoms. The molecule has 0 aliphatic rings. The molecule has 0 saturated carbocycles. The van der Waals surface area contributed by atoms with Crippen LogP contribution in [-0.4, -0.2) is 12.6 Å². The molecule has 0 aromatic heterocycles. The first-order valence-electron chi connectivity index (χ1n) is 4.19. The van der Waals surface area contributed by atoms with Crippen LogP contribution in [-0.2, 0) is 4.74 Å². The second-order valence-corrected chi connectivity index (χ2v) is 3.60. The van der Waals surface area contributed by atoms with E-state index >= 15 is 0 Å². The molecule has 0 aliphatic carbocycles. The zero-order valence-electron chi connectivity index (χ0n) is 7.93. The summed E-state index contributed by atoms with van der Waals surface area (Å²) in [6.07, 6.45) is 0. The highest BCUT2D eigenvalue weighted by molar-refractivity contribution is 6.36. The number of hydrogen-bond donors (Lipinski definition) is 0. The minimum absolute atomic E-state index is 0.335. The van der Waals surface area contributed by atoms with Crippen LogP contribution < -0.4 is 0 Å². The SMILES string of the molecule is CCOC(=O)c1cc(Cl)c(C)c(Cl)c1. The summed E-state index contributed by atoms with van der Waals surface area (Å²) < 4.78 is 4.82. The number of rotatable bonds is 2. The Morgan fingerprint density at radius 3 is 2.29 bits per heavy atom. The lowest BCUT2D eigenvalue weighted by atomic mass is 10.1. The van der Waals surface area contributed by atoms with Gasteiger partial charge in [-0.05, 0) is 31.5 Å². The first kappa shape index (κ1) is 11.3. The lowest BCUT2D eigenvalue weighted by molar-refractivity contribution is 0.0526. The van der Waals surface area contributed by atoms with E-state index in [1.165, 1.54) is 0 Å². The first-order valence-corrected chi connectivity index (χ1v) is 4.94. The molecule has 0 heterocycles. The fraction of sp³-hybridized carbons (Fsp3) is 0.300. The van der Waals surface area contributed by atoms with Gasteiger partial charge in [-0.1, -0.05) is 23.2 Å². The number of esters is 1. The van der Waals surface area contributed by atoms with Crippen molar-refractivity contribution >= 4 is 29.2 Å². The van der Waals surface area contributed by atoms with E-state index in [-0.39, 0.29) is 0 Å². The van der Waals surface area contributed by atoms with Gasteiger partial charge in [0.2, 0.25) is 0 Å². The van der Waals surface area contributed by atoms with E-state index in [9.17, 15) is 4.79 Å². The van der Waals surface area contributed by atoms with Crippen LogP contribution in [0.25, 0.3) is 0 Å². The molecule has 1 aromatic rings. The van der Waals surface area contributed by atoms with Gasteiger partial charge in [-0.25, -0.2) is 4.79 Å². The monoisotopic (exact) mass is 232 g/mol.